The Labute approximate surface area is 138 Å². The topological polar surface area (TPSA) is 56.8 Å². The Morgan fingerprint density at radius 1 is 1.08 bits per heavy atom. The van der Waals surface area contributed by atoms with Crippen molar-refractivity contribution in [3.63, 3.8) is 0 Å². The lowest BCUT2D eigenvalue weighted by atomic mass is 10.1. The number of amides is 1. The number of nitrogens with one attached hydrogen (secondary N) is 1. The second kappa shape index (κ2) is 8.14. The molecule has 0 saturated carbocycles. The average molecular weight is 337 g/mol. The maximum atomic E-state index is 12.2. The van der Waals surface area contributed by atoms with E-state index < -0.39 is 12.5 Å². The number of carbonyl (C=O) groups is 1. The first kappa shape index (κ1) is 17.5. The molecular weight excluding hydrogens is 320 g/mol. The molecule has 7 heteroatoms. The van der Waals surface area contributed by atoms with Gasteiger partial charge in [0.2, 0.25) is 0 Å². The summed E-state index contributed by atoms with van der Waals surface area (Å²) in [6.07, 6.45) is 0. The fourth-order valence-electron chi connectivity index (χ4n) is 2.09. The molecule has 0 aromatic heterocycles. The Bertz CT molecular complexity index is 707. The van der Waals surface area contributed by atoms with E-state index in [1.165, 1.54) is 38.5 Å². The number of alkyl halides is 2. The Morgan fingerprint density at radius 2 is 1.83 bits per heavy atom. The van der Waals surface area contributed by atoms with Crippen molar-refractivity contribution in [2.45, 2.75) is 13.2 Å². The lowest BCUT2D eigenvalue weighted by Gasteiger charge is -2.11. The minimum atomic E-state index is -2.94. The van der Waals surface area contributed by atoms with Crippen LogP contribution in [0.2, 0.25) is 0 Å². The molecule has 0 heterocycles. The largest absolute Gasteiger partial charge is 0.493 e. The molecule has 1 amide bonds. The van der Waals surface area contributed by atoms with Gasteiger partial charge in [-0.3, -0.25) is 4.79 Å². The van der Waals surface area contributed by atoms with Crippen molar-refractivity contribution in [2.75, 3.05) is 14.2 Å². The maximum absolute atomic E-state index is 12.2. The van der Waals surface area contributed by atoms with E-state index in [-0.39, 0.29) is 17.9 Å². The van der Waals surface area contributed by atoms with Crippen LogP contribution in [0.5, 0.6) is 17.2 Å². The summed E-state index contributed by atoms with van der Waals surface area (Å²) in [7, 11) is 3.06. The smallest absolute Gasteiger partial charge is 0.387 e. The molecule has 2 rings (SSSR count). The molecule has 2 aromatic carbocycles. The number of halogens is 2. The van der Waals surface area contributed by atoms with Crippen LogP contribution in [0.15, 0.2) is 42.5 Å². The number of carbonyl (C=O) groups excluding carboxylic acids is 1. The van der Waals surface area contributed by atoms with Crippen LogP contribution in [0.25, 0.3) is 0 Å². The summed E-state index contributed by atoms with van der Waals surface area (Å²) in [6.45, 7) is -2.69. The van der Waals surface area contributed by atoms with Crippen LogP contribution < -0.4 is 19.5 Å². The van der Waals surface area contributed by atoms with Crippen LogP contribution in [-0.4, -0.2) is 26.7 Å². The number of rotatable bonds is 7. The number of hydrogen-bond acceptors (Lipinski definition) is 4. The Morgan fingerprint density at radius 3 is 2.50 bits per heavy atom. The molecule has 128 valence electrons. The van der Waals surface area contributed by atoms with E-state index in [0.717, 1.165) is 5.56 Å². The summed E-state index contributed by atoms with van der Waals surface area (Å²) in [5.74, 6) is 0.675. The Kier molecular flexibility index (Phi) is 5.95. The Balaban J connectivity index is 2.03. The van der Waals surface area contributed by atoms with E-state index >= 15 is 0 Å². The molecule has 0 atom stereocenters. The van der Waals surface area contributed by atoms with Crippen molar-refractivity contribution in [1.82, 2.24) is 5.32 Å². The van der Waals surface area contributed by atoms with Crippen LogP contribution in [0.4, 0.5) is 8.78 Å². The lowest BCUT2D eigenvalue weighted by molar-refractivity contribution is -0.0498. The molecule has 5 nitrogen and oxygen atoms in total. The average Bonchev–Trinajstić information content (AvgIpc) is 2.59. The monoisotopic (exact) mass is 337 g/mol. The molecule has 0 aliphatic heterocycles. The van der Waals surface area contributed by atoms with Gasteiger partial charge < -0.3 is 19.5 Å². The van der Waals surface area contributed by atoms with Gasteiger partial charge in [-0.05, 0) is 35.9 Å². The van der Waals surface area contributed by atoms with Crippen LogP contribution in [0, 0.1) is 0 Å². The third-order valence-electron chi connectivity index (χ3n) is 3.22. The molecule has 1 N–H and O–H groups in total. The Hall–Kier alpha value is -2.83. The quantitative estimate of drug-likeness (QED) is 0.843. The number of ether oxygens (including phenoxy) is 3. The van der Waals surface area contributed by atoms with Crippen LogP contribution in [-0.2, 0) is 6.54 Å². The van der Waals surface area contributed by atoms with E-state index in [9.17, 15) is 13.6 Å². The van der Waals surface area contributed by atoms with Crippen molar-refractivity contribution in [3.05, 3.63) is 53.6 Å². The first-order chi connectivity index (χ1) is 11.5. The minimum absolute atomic E-state index is 0.0660. The van der Waals surface area contributed by atoms with Gasteiger partial charge in [0.1, 0.15) is 5.75 Å². The molecule has 0 radical (unpaired) electrons. The van der Waals surface area contributed by atoms with Gasteiger partial charge in [-0.2, -0.15) is 8.78 Å². The summed E-state index contributed by atoms with van der Waals surface area (Å²) in [5, 5.41) is 2.71. The summed E-state index contributed by atoms with van der Waals surface area (Å²) in [4.78, 5) is 12.1. The van der Waals surface area contributed by atoms with Crippen LogP contribution in [0.3, 0.4) is 0 Å². The molecule has 0 aliphatic carbocycles. The maximum Gasteiger partial charge on any atom is 0.387 e. The number of hydrogen-bond donors (Lipinski definition) is 1. The summed E-state index contributed by atoms with van der Waals surface area (Å²) < 4.78 is 39.0. The van der Waals surface area contributed by atoms with Gasteiger partial charge >= 0.3 is 6.61 Å². The van der Waals surface area contributed by atoms with Gasteiger partial charge in [0.05, 0.1) is 14.2 Å². The molecular formula is C17H17F2NO4. The normalized spacial score (nSPS) is 10.4. The molecule has 0 spiro atoms. The summed E-state index contributed by atoms with van der Waals surface area (Å²) in [5.41, 5.74) is 1.04. The third-order valence-corrected chi connectivity index (χ3v) is 3.22. The molecule has 2 aromatic rings. The van der Waals surface area contributed by atoms with Crippen molar-refractivity contribution in [1.29, 1.82) is 0 Å². The fourth-order valence-corrected chi connectivity index (χ4v) is 2.09. The highest BCUT2D eigenvalue weighted by Crippen LogP contribution is 2.27. The van der Waals surface area contributed by atoms with Gasteiger partial charge in [-0.25, -0.2) is 0 Å². The zero-order valence-electron chi connectivity index (χ0n) is 13.2. The van der Waals surface area contributed by atoms with Crippen LogP contribution >= 0.6 is 0 Å². The first-order valence-electron chi connectivity index (χ1n) is 7.07. The molecule has 24 heavy (non-hydrogen) atoms. The van der Waals surface area contributed by atoms with Crippen molar-refractivity contribution >= 4 is 5.91 Å². The highest BCUT2D eigenvalue weighted by Gasteiger charge is 2.10. The van der Waals surface area contributed by atoms with Crippen molar-refractivity contribution in [3.8, 4) is 17.2 Å². The SMILES string of the molecule is COc1ccc(CNC(=O)c2cccc(OC(F)F)c2)cc1OC. The highest BCUT2D eigenvalue weighted by atomic mass is 19.3. The second-order valence-corrected chi connectivity index (χ2v) is 4.78. The van der Waals surface area contributed by atoms with Crippen molar-refractivity contribution in [2.24, 2.45) is 0 Å². The second-order valence-electron chi connectivity index (χ2n) is 4.78. The minimum Gasteiger partial charge on any atom is -0.493 e. The first-order valence-corrected chi connectivity index (χ1v) is 7.07. The predicted octanol–water partition coefficient (Wildman–Crippen LogP) is 3.24. The number of methoxy groups -OCH3 is 2. The highest BCUT2D eigenvalue weighted by molar-refractivity contribution is 5.94. The summed E-state index contributed by atoms with van der Waals surface area (Å²) in [6, 6.07) is 10.9. The summed E-state index contributed by atoms with van der Waals surface area (Å²) >= 11 is 0. The molecule has 0 bridgehead atoms. The molecule has 0 unspecified atom stereocenters. The van der Waals surface area contributed by atoms with E-state index in [4.69, 9.17) is 9.47 Å². The third kappa shape index (κ3) is 4.58. The molecule has 0 saturated heterocycles. The molecule has 0 aliphatic rings. The fraction of sp³-hybridized carbons (Fsp3) is 0.235. The van der Waals surface area contributed by atoms with Gasteiger partial charge in [0, 0.05) is 12.1 Å². The van der Waals surface area contributed by atoms with E-state index in [1.807, 2.05) is 0 Å². The number of benzene rings is 2. The predicted molar refractivity (Wildman–Crippen MR) is 83.8 cm³/mol. The van der Waals surface area contributed by atoms with Gasteiger partial charge in [0.15, 0.2) is 11.5 Å². The lowest BCUT2D eigenvalue weighted by Crippen LogP contribution is -2.22. The van der Waals surface area contributed by atoms with Gasteiger partial charge in [-0.15, -0.1) is 0 Å². The standard InChI is InChI=1S/C17H17F2NO4/c1-22-14-7-6-11(8-15(14)23-2)10-20-16(21)12-4-3-5-13(9-12)24-17(18)19/h3-9,17H,10H2,1-2H3,(H,20,21). The van der Waals surface area contributed by atoms with E-state index in [2.05, 4.69) is 10.1 Å². The van der Waals surface area contributed by atoms with Gasteiger partial charge in [-0.1, -0.05) is 12.1 Å². The zero-order valence-corrected chi connectivity index (χ0v) is 13.2. The zero-order chi connectivity index (χ0) is 17.5. The van der Waals surface area contributed by atoms with E-state index in [0.29, 0.717) is 11.5 Å². The van der Waals surface area contributed by atoms with Crippen molar-refractivity contribution < 1.29 is 27.8 Å². The van der Waals surface area contributed by atoms with E-state index in [1.54, 1.807) is 18.2 Å². The van der Waals surface area contributed by atoms with Crippen LogP contribution in [0.1, 0.15) is 15.9 Å². The molecule has 0 fully saturated rings. The van der Waals surface area contributed by atoms with Gasteiger partial charge in [0.25, 0.3) is 5.91 Å².